The number of aromatic hydroxyl groups is 1. The van der Waals surface area contributed by atoms with Gasteiger partial charge in [0.15, 0.2) is 11.5 Å². The third kappa shape index (κ3) is 4.63. The average Bonchev–Trinajstić information content (AvgIpc) is 3.04. The van der Waals surface area contributed by atoms with Gasteiger partial charge < -0.3 is 14.7 Å². The second kappa shape index (κ2) is 9.53. The van der Waals surface area contributed by atoms with Crippen LogP contribution in [0, 0.1) is 3.57 Å². The maximum atomic E-state index is 12.9. The first-order chi connectivity index (χ1) is 15.4. The van der Waals surface area contributed by atoms with Crippen molar-refractivity contribution in [3.63, 3.8) is 0 Å². The van der Waals surface area contributed by atoms with Crippen molar-refractivity contribution in [2.24, 2.45) is 0 Å². The highest BCUT2D eigenvalue weighted by Crippen LogP contribution is 2.36. The summed E-state index contributed by atoms with van der Waals surface area (Å²) >= 11 is 2.78. The average molecular weight is 564 g/mol. The van der Waals surface area contributed by atoms with Gasteiger partial charge in [-0.3, -0.25) is 19.3 Å². The third-order valence-corrected chi connectivity index (χ3v) is 7.03. The molecule has 0 saturated carbocycles. The molecule has 1 saturated heterocycles. The van der Waals surface area contributed by atoms with E-state index in [2.05, 4.69) is 6.07 Å². The van der Waals surface area contributed by atoms with Crippen LogP contribution in [0.2, 0.25) is 0 Å². The van der Waals surface area contributed by atoms with Gasteiger partial charge in [-0.2, -0.15) is 0 Å². The number of ether oxygens (including phenoxy) is 1. The Morgan fingerprint density at radius 3 is 2.75 bits per heavy atom. The molecule has 0 aromatic heterocycles. The molecule has 1 fully saturated rings. The van der Waals surface area contributed by atoms with Gasteiger partial charge in [0.1, 0.15) is 6.54 Å². The first-order valence-corrected chi connectivity index (χ1v) is 12.0. The summed E-state index contributed by atoms with van der Waals surface area (Å²) in [6.07, 6.45) is 2.34. The Bertz CT molecular complexity index is 1130. The molecule has 166 valence electrons. The molecule has 0 aliphatic carbocycles. The molecule has 1 N–H and O–H groups in total. The second-order valence-corrected chi connectivity index (χ2v) is 9.54. The van der Waals surface area contributed by atoms with Gasteiger partial charge in [-0.1, -0.05) is 24.3 Å². The monoisotopic (exact) mass is 564 g/mol. The molecular weight excluding hydrogens is 543 g/mol. The second-order valence-electron chi connectivity index (χ2n) is 7.38. The molecule has 3 amide bonds. The number of carbonyl (C=O) groups is 3. The topological polar surface area (TPSA) is 87.2 Å². The van der Waals surface area contributed by atoms with Gasteiger partial charge in [0.2, 0.25) is 5.91 Å². The Hall–Kier alpha value is -2.53. The number of thioether (sulfide) groups is 1. The van der Waals surface area contributed by atoms with Crippen molar-refractivity contribution in [1.82, 2.24) is 9.80 Å². The van der Waals surface area contributed by atoms with Crippen LogP contribution in [0.3, 0.4) is 0 Å². The lowest BCUT2D eigenvalue weighted by Crippen LogP contribution is -2.44. The Labute approximate surface area is 203 Å². The van der Waals surface area contributed by atoms with E-state index in [1.165, 1.54) is 5.56 Å². The van der Waals surface area contributed by atoms with Gasteiger partial charge >= 0.3 is 0 Å². The number of phenols is 1. The van der Waals surface area contributed by atoms with E-state index in [1.807, 2.05) is 47.7 Å². The van der Waals surface area contributed by atoms with Crippen LogP contribution in [0.15, 0.2) is 41.3 Å². The van der Waals surface area contributed by atoms with E-state index in [1.54, 1.807) is 23.1 Å². The Kier molecular flexibility index (Phi) is 6.75. The highest BCUT2D eigenvalue weighted by Gasteiger charge is 2.37. The number of nitrogens with zero attached hydrogens (tertiary/aromatic N) is 2. The zero-order chi connectivity index (χ0) is 22.8. The summed E-state index contributed by atoms with van der Waals surface area (Å²) in [7, 11) is 0. The lowest BCUT2D eigenvalue weighted by atomic mass is 10.00. The van der Waals surface area contributed by atoms with Crippen molar-refractivity contribution in [2.75, 3.05) is 19.7 Å². The number of phenolic OH excluding ortho intramolecular Hbond substituents is 1. The van der Waals surface area contributed by atoms with Crippen LogP contribution in [0.1, 0.15) is 23.6 Å². The smallest absolute Gasteiger partial charge is 0.294 e. The quantitative estimate of drug-likeness (QED) is 0.437. The molecule has 7 nitrogen and oxygen atoms in total. The van der Waals surface area contributed by atoms with Crippen molar-refractivity contribution in [1.29, 1.82) is 0 Å². The molecule has 0 atom stereocenters. The molecule has 2 aromatic carbocycles. The number of halogens is 1. The lowest BCUT2D eigenvalue weighted by molar-refractivity contribution is -0.136. The largest absolute Gasteiger partial charge is 0.504 e. The minimum atomic E-state index is -0.494. The predicted octanol–water partition coefficient (Wildman–Crippen LogP) is 4.02. The van der Waals surface area contributed by atoms with Crippen molar-refractivity contribution in [3.05, 3.63) is 61.6 Å². The Balaban J connectivity index is 1.48. The normalized spacial score (nSPS) is 17.1. The summed E-state index contributed by atoms with van der Waals surface area (Å²) in [5.74, 6) is -0.399. The number of amides is 3. The van der Waals surface area contributed by atoms with E-state index >= 15 is 0 Å². The molecule has 32 heavy (non-hydrogen) atoms. The highest BCUT2D eigenvalue weighted by atomic mass is 127. The van der Waals surface area contributed by atoms with Crippen LogP contribution in [0.5, 0.6) is 11.5 Å². The first kappa shape index (κ1) is 22.7. The first-order valence-electron chi connectivity index (χ1n) is 10.1. The van der Waals surface area contributed by atoms with Crippen LogP contribution in [0.25, 0.3) is 6.08 Å². The van der Waals surface area contributed by atoms with Gasteiger partial charge in [-0.05, 0) is 82.6 Å². The minimum absolute atomic E-state index is 0.0337. The summed E-state index contributed by atoms with van der Waals surface area (Å²) in [5, 5.41) is 9.64. The standard InChI is InChI=1S/C23H21IN2O5S/c1-2-31-18-10-14(9-17(24)21(18)28)11-19-22(29)26(23(30)32-19)13-20(27)25-8-7-15-5-3-4-6-16(15)12-25/h3-6,9-11,28H,2,7-8,12-13H2,1H3/b19-11+. The molecule has 2 aliphatic heterocycles. The Morgan fingerprint density at radius 2 is 2.00 bits per heavy atom. The zero-order valence-corrected chi connectivity index (χ0v) is 20.3. The molecule has 2 aromatic rings. The van der Waals surface area contributed by atoms with Gasteiger partial charge in [0, 0.05) is 13.1 Å². The fourth-order valence-corrected chi connectivity index (χ4v) is 5.14. The van der Waals surface area contributed by atoms with Crippen molar-refractivity contribution in [2.45, 2.75) is 19.9 Å². The van der Waals surface area contributed by atoms with Gasteiger partial charge in [0.25, 0.3) is 11.1 Å². The summed E-state index contributed by atoms with van der Waals surface area (Å²) in [6.45, 7) is 2.96. The molecule has 4 rings (SSSR count). The molecule has 0 bridgehead atoms. The van der Waals surface area contributed by atoms with E-state index < -0.39 is 11.1 Å². The zero-order valence-electron chi connectivity index (χ0n) is 17.3. The van der Waals surface area contributed by atoms with Crippen molar-refractivity contribution < 1.29 is 24.2 Å². The van der Waals surface area contributed by atoms with E-state index in [0.29, 0.717) is 34.6 Å². The maximum absolute atomic E-state index is 12.9. The molecular formula is C23H21IN2O5S. The molecule has 2 aliphatic rings. The van der Waals surface area contributed by atoms with Crippen LogP contribution < -0.4 is 4.74 Å². The summed E-state index contributed by atoms with van der Waals surface area (Å²) in [4.78, 5) is 41.1. The van der Waals surface area contributed by atoms with Crippen LogP contribution in [-0.4, -0.2) is 51.7 Å². The highest BCUT2D eigenvalue weighted by molar-refractivity contribution is 14.1. The lowest BCUT2D eigenvalue weighted by Gasteiger charge is -2.29. The Morgan fingerprint density at radius 1 is 1.25 bits per heavy atom. The number of hydrogen-bond acceptors (Lipinski definition) is 6. The number of hydrogen-bond donors (Lipinski definition) is 1. The van der Waals surface area contributed by atoms with E-state index in [4.69, 9.17) is 4.74 Å². The number of imide groups is 1. The number of fused-ring (bicyclic) bond motifs is 1. The molecule has 0 spiro atoms. The van der Waals surface area contributed by atoms with E-state index in [-0.39, 0.29) is 23.1 Å². The molecule has 0 unspecified atom stereocenters. The van der Waals surface area contributed by atoms with Gasteiger partial charge in [0.05, 0.1) is 15.1 Å². The number of rotatable bonds is 5. The van der Waals surface area contributed by atoms with Crippen molar-refractivity contribution >= 4 is 57.5 Å². The number of carbonyl (C=O) groups excluding carboxylic acids is 3. The summed E-state index contributed by atoms with van der Waals surface area (Å²) in [5.41, 5.74) is 2.94. The van der Waals surface area contributed by atoms with Crippen molar-refractivity contribution in [3.8, 4) is 11.5 Å². The summed E-state index contributed by atoms with van der Waals surface area (Å²) < 4.78 is 6.00. The third-order valence-electron chi connectivity index (χ3n) is 5.30. The van der Waals surface area contributed by atoms with Crippen LogP contribution in [-0.2, 0) is 22.6 Å². The fraction of sp³-hybridized carbons (Fsp3) is 0.261. The van der Waals surface area contributed by atoms with E-state index in [9.17, 15) is 19.5 Å². The minimum Gasteiger partial charge on any atom is -0.504 e. The van der Waals surface area contributed by atoms with Crippen LogP contribution in [0.4, 0.5) is 4.79 Å². The SMILES string of the molecule is CCOc1cc(/C=C2/SC(=O)N(CC(=O)N3CCc4ccccc4C3)C2=O)cc(I)c1O. The molecule has 2 heterocycles. The fourth-order valence-electron chi connectivity index (χ4n) is 3.67. The molecule has 9 heteroatoms. The van der Waals surface area contributed by atoms with E-state index in [0.717, 1.165) is 28.6 Å². The van der Waals surface area contributed by atoms with Crippen LogP contribution >= 0.6 is 34.4 Å². The number of benzene rings is 2. The molecule has 0 radical (unpaired) electrons. The van der Waals surface area contributed by atoms with Gasteiger partial charge in [-0.15, -0.1) is 0 Å². The maximum Gasteiger partial charge on any atom is 0.294 e. The predicted molar refractivity (Wildman–Crippen MR) is 130 cm³/mol. The van der Waals surface area contributed by atoms with Gasteiger partial charge in [-0.25, -0.2) is 0 Å². The summed E-state index contributed by atoms with van der Waals surface area (Å²) in [6, 6.07) is 11.3.